The van der Waals surface area contributed by atoms with Crippen molar-refractivity contribution in [1.29, 1.82) is 0 Å². The second-order valence-corrected chi connectivity index (χ2v) is 3.50. The van der Waals surface area contributed by atoms with E-state index in [9.17, 15) is 4.79 Å². The zero-order valence-electron chi connectivity index (χ0n) is 9.69. The number of carbonyl (C=O) groups is 1. The number of carbonyl (C=O) groups excluding carboxylic acids is 1. The first kappa shape index (κ1) is 12.5. The van der Waals surface area contributed by atoms with E-state index in [4.69, 9.17) is 10.5 Å². The minimum atomic E-state index is -0.158. The molecule has 0 aliphatic carbocycles. The normalized spacial score (nSPS) is 11.9. The molecular formula is C12H18N2O2. The van der Waals surface area contributed by atoms with Gasteiger partial charge in [0.05, 0.1) is 19.2 Å². The van der Waals surface area contributed by atoms with Gasteiger partial charge in [-0.25, -0.2) is 0 Å². The Morgan fingerprint density at radius 2 is 2.31 bits per heavy atom. The lowest BCUT2D eigenvalue weighted by molar-refractivity contribution is -0.120. The highest BCUT2D eigenvalue weighted by molar-refractivity contribution is 5.78. The Bertz CT molecular complexity index is 353. The van der Waals surface area contributed by atoms with Crippen LogP contribution in [0.3, 0.4) is 0 Å². The topological polar surface area (TPSA) is 64.3 Å². The molecule has 1 amide bonds. The van der Waals surface area contributed by atoms with Crippen molar-refractivity contribution in [1.82, 2.24) is 5.32 Å². The first-order chi connectivity index (χ1) is 7.67. The van der Waals surface area contributed by atoms with Crippen molar-refractivity contribution in [2.75, 3.05) is 13.2 Å². The molecule has 0 heterocycles. The fraction of sp³-hybridized carbons (Fsp3) is 0.417. The third-order valence-corrected chi connectivity index (χ3v) is 2.23. The van der Waals surface area contributed by atoms with E-state index in [1.54, 1.807) is 0 Å². The quantitative estimate of drug-likeness (QED) is 0.787. The van der Waals surface area contributed by atoms with Crippen molar-refractivity contribution < 1.29 is 9.53 Å². The predicted octanol–water partition coefficient (Wildman–Crippen LogP) is 1.22. The molecule has 4 nitrogen and oxygen atoms in total. The van der Waals surface area contributed by atoms with Crippen LogP contribution in [-0.2, 0) is 4.79 Å². The molecule has 88 valence electrons. The van der Waals surface area contributed by atoms with E-state index < -0.39 is 0 Å². The van der Waals surface area contributed by atoms with Gasteiger partial charge in [-0.15, -0.1) is 0 Å². The highest BCUT2D eigenvalue weighted by Gasteiger charge is 2.08. The average molecular weight is 222 g/mol. The zero-order chi connectivity index (χ0) is 12.0. The second kappa shape index (κ2) is 6.12. The molecule has 1 unspecified atom stereocenters. The Hall–Kier alpha value is -1.55. The van der Waals surface area contributed by atoms with Crippen molar-refractivity contribution in [2.45, 2.75) is 19.9 Å². The van der Waals surface area contributed by atoms with Crippen molar-refractivity contribution in [3.8, 4) is 5.75 Å². The predicted molar refractivity (Wildman–Crippen MR) is 63.2 cm³/mol. The van der Waals surface area contributed by atoms with Gasteiger partial charge in [0.25, 0.3) is 0 Å². The largest absolute Gasteiger partial charge is 0.494 e. The van der Waals surface area contributed by atoms with E-state index in [0.717, 1.165) is 11.3 Å². The molecule has 0 fully saturated rings. The SMILES string of the molecule is CCOc1cccc(C(C)NC(=O)CN)c1. The summed E-state index contributed by atoms with van der Waals surface area (Å²) in [5, 5.41) is 2.80. The van der Waals surface area contributed by atoms with E-state index >= 15 is 0 Å². The van der Waals surface area contributed by atoms with Crippen molar-refractivity contribution in [2.24, 2.45) is 5.73 Å². The molecule has 0 aliphatic heterocycles. The minimum Gasteiger partial charge on any atom is -0.494 e. The number of ether oxygens (including phenoxy) is 1. The Kier molecular flexibility index (Phi) is 4.79. The summed E-state index contributed by atoms with van der Waals surface area (Å²) in [4.78, 5) is 11.1. The number of nitrogens with two attached hydrogens (primary N) is 1. The summed E-state index contributed by atoms with van der Waals surface area (Å²) in [6, 6.07) is 7.61. The third-order valence-electron chi connectivity index (χ3n) is 2.23. The molecule has 1 rings (SSSR count). The van der Waals surface area contributed by atoms with Gasteiger partial charge >= 0.3 is 0 Å². The van der Waals surface area contributed by atoms with E-state index in [2.05, 4.69) is 5.32 Å². The first-order valence-corrected chi connectivity index (χ1v) is 5.39. The molecule has 0 saturated heterocycles. The lowest BCUT2D eigenvalue weighted by Crippen LogP contribution is -2.32. The molecule has 0 saturated carbocycles. The molecule has 16 heavy (non-hydrogen) atoms. The highest BCUT2D eigenvalue weighted by atomic mass is 16.5. The molecule has 0 radical (unpaired) electrons. The summed E-state index contributed by atoms with van der Waals surface area (Å²) >= 11 is 0. The lowest BCUT2D eigenvalue weighted by atomic mass is 10.1. The van der Waals surface area contributed by atoms with E-state index in [1.165, 1.54) is 0 Å². The first-order valence-electron chi connectivity index (χ1n) is 5.39. The Morgan fingerprint density at radius 1 is 1.56 bits per heavy atom. The lowest BCUT2D eigenvalue weighted by Gasteiger charge is -2.14. The molecule has 3 N–H and O–H groups in total. The van der Waals surface area contributed by atoms with Crippen LogP contribution in [0.5, 0.6) is 5.75 Å². The Morgan fingerprint density at radius 3 is 2.94 bits per heavy atom. The van der Waals surface area contributed by atoms with Gasteiger partial charge in [-0.2, -0.15) is 0 Å². The summed E-state index contributed by atoms with van der Waals surface area (Å²) in [6.45, 7) is 4.49. The average Bonchev–Trinajstić information content (AvgIpc) is 2.29. The maximum atomic E-state index is 11.1. The number of rotatable bonds is 5. The van der Waals surface area contributed by atoms with Crippen LogP contribution in [0.2, 0.25) is 0 Å². The monoisotopic (exact) mass is 222 g/mol. The third kappa shape index (κ3) is 3.55. The van der Waals surface area contributed by atoms with Crippen LogP contribution in [0.15, 0.2) is 24.3 Å². The summed E-state index contributed by atoms with van der Waals surface area (Å²) < 4.78 is 5.39. The molecule has 1 atom stereocenters. The van der Waals surface area contributed by atoms with Crippen LogP contribution in [0.4, 0.5) is 0 Å². The molecule has 0 bridgehead atoms. The molecule has 1 aromatic rings. The summed E-state index contributed by atoms with van der Waals surface area (Å²) in [5.74, 6) is 0.656. The smallest absolute Gasteiger partial charge is 0.234 e. The van der Waals surface area contributed by atoms with Gasteiger partial charge in [0.15, 0.2) is 0 Å². The van der Waals surface area contributed by atoms with Crippen LogP contribution >= 0.6 is 0 Å². The molecule has 1 aromatic carbocycles. The van der Waals surface area contributed by atoms with E-state index in [1.807, 2.05) is 38.1 Å². The van der Waals surface area contributed by atoms with Gasteiger partial charge in [-0.1, -0.05) is 12.1 Å². The van der Waals surface area contributed by atoms with Gasteiger partial charge in [-0.3, -0.25) is 4.79 Å². The molecule has 0 aliphatic rings. The number of hydrogen-bond donors (Lipinski definition) is 2. The van der Waals surface area contributed by atoms with Crippen molar-refractivity contribution in [3.63, 3.8) is 0 Å². The van der Waals surface area contributed by atoms with Crippen LogP contribution in [-0.4, -0.2) is 19.1 Å². The Labute approximate surface area is 95.8 Å². The fourth-order valence-corrected chi connectivity index (χ4v) is 1.42. The summed E-state index contributed by atoms with van der Waals surface area (Å²) in [7, 11) is 0. The van der Waals surface area contributed by atoms with Gasteiger partial charge in [0.2, 0.25) is 5.91 Å². The Balaban J connectivity index is 2.71. The van der Waals surface area contributed by atoms with Crippen molar-refractivity contribution in [3.05, 3.63) is 29.8 Å². The maximum Gasteiger partial charge on any atom is 0.234 e. The molecular weight excluding hydrogens is 204 g/mol. The van der Waals surface area contributed by atoms with Crippen LogP contribution in [0.25, 0.3) is 0 Å². The summed E-state index contributed by atoms with van der Waals surface area (Å²) in [5.41, 5.74) is 6.25. The van der Waals surface area contributed by atoms with E-state index in [-0.39, 0.29) is 18.5 Å². The maximum absolute atomic E-state index is 11.1. The standard InChI is InChI=1S/C12H18N2O2/c1-3-16-11-6-4-5-10(7-11)9(2)14-12(15)8-13/h4-7,9H,3,8,13H2,1-2H3,(H,14,15). The summed E-state index contributed by atoms with van der Waals surface area (Å²) in [6.07, 6.45) is 0. The van der Waals surface area contributed by atoms with Gasteiger partial charge in [-0.05, 0) is 31.5 Å². The molecule has 0 aromatic heterocycles. The number of nitrogens with one attached hydrogen (secondary N) is 1. The molecule has 0 spiro atoms. The van der Waals surface area contributed by atoms with Crippen LogP contribution in [0.1, 0.15) is 25.5 Å². The molecule has 4 heteroatoms. The fourth-order valence-electron chi connectivity index (χ4n) is 1.42. The van der Waals surface area contributed by atoms with Crippen LogP contribution < -0.4 is 15.8 Å². The zero-order valence-corrected chi connectivity index (χ0v) is 9.69. The van der Waals surface area contributed by atoms with Crippen LogP contribution in [0, 0.1) is 0 Å². The van der Waals surface area contributed by atoms with Crippen molar-refractivity contribution >= 4 is 5.91 Å². The highest BCUT2D eigenvalue weighted by Crippen LogP contribution is 2.18. The van der Waals surface area contributed by atoms with Gasteiger partial charge in [0.1, 0.15) is 5.75 Å². The number of hydrogen-bond acceptors (Lipinski definition) is 3. The second-order valence-electron chi connectivity index (χ2n) is 3.50. The van der Waals surface area contributed by atoms with Gasteiger partial charge < -0.3 is 15.8 Å². The van der Waals surface area contributed by atoms with Gasteiger partial charge in [0, 0.05) is 0 Å². The van der Waals surface area contributed by atoms with E-state index in [0.29, 0.717) is 6.61 Å². The number of benzene rings is 1. The minimum absolute atomic E-state index is 0.00942. The number of amides is 1.